The maximum Gasteiger partial charge on any atom is 0.0808 e. The molecule has 18 heavy (non-hydrogen) atoms. The zero-order valence-electron chi connectivity index (χ0n) is 10.8. The molecule has 0 spiro atoms. The number of nitrogens with two attached hydrogens (primary N) is 1. The van der Waals surface area contributed by atoms with Gasteiger partial charge >= 0.3 is 0 Å². The van der Waals surface area contributed by atoms with Crippen molar-refractivity contribution in [2.45, 2.75) is 50.7 Å². The van der Waals surface area contributed by atoms with Crippen molar-refractivity contribution in [1.82, 2.24) is 0 Å². The Kier molecular flexibility index (Phi) is 5.22. The van der Waals surface area contributed by atoms with Gasteiger partial charge in [-0.05, 0) is 30.5 Å². The molecular weight excluding hydrogens is 290 g/mol. The minimum Gasteiger partial charge on any atom is -0.369 e. The predicted molar refractivity (Wildman–Crippen MR) is 78.4 cm³/mol. The average Bonchev–Trinajstić information content (AvgIpc) is 2.63. The van der Waals surface area contributed by atoms with E-state index in [-0.39, 0.29) is 5.60 Å². The molecule has 0 radical (unpaired) electrons. The van der Waals surface area contributed by atoms with Crippen LogP contribution in [0.3, 0.4) is 0 Å². The zero-order valence-corrected chi connectivity index (χ0v) is 12.4. The lowest BCUT2D eigenvalue weighted by Crippen LogP contribution is -2.40. The van der Waals surface area contributed by atoms with Crippen molar-refractivity contribution in [2.24, 2.45) is 5.73 Å². The van der Waals surface area contributed by atoms with Crippen LogP contribution in [0, 0.1) is 0 Å². The molecule has 100 valence electrons. The summed E-state index contributed by atoms with van der Waals surface area (Å²) in [7, 11) is 0. The summed E-state index contributed by atoms with van der Waals surface area (Å²) < 4.78 is 7.30. The molecular formula is C15H22BrNO. The van der Waals surface area contributed by atoms with Gasteiger partial charge in [-0.2, -0.15) is 0 Å². The molecule has 1 fully saturated rings. The van der Waals surface area contributed by atoms with Crippen LogP contribution in [0.2, 0.25) is 0 Å². The predicted octanol–water partition coefficient (Wildman–Crippen LogP) is 4.02. The van der Waals surface area contributed by atoms with Crippen LogP contribution in [-0.2, 0) is 11.3 Å². The van der Waals surface area contributed by atoms with Crippen molar-refractivity contribution in [3.63, 3.8) is 0 Å². The van der Waals surface area contributed by atoms with Gasteiger partial charge in [0.05, 0.1) is 12.2 Å². The monoisotopic (exact) mass is 311 g/mol. The van der Waals surface area contributed by atoms with Crippen LogP contribution in [0.15, 0.2) is 28.7 Å². The van der Waals surface area contributed by atoms with Gasteiger partial charge in [-0.25, -0.2) is 0 Å². The van der Waals surface area contributed by atoms with Crippen LogP contribution in [0.4, 0.5) is 0 Å². The van der Waals surface area contributed by atoms with E-state index in [4.69, 9.17) is 10.5 Å². The van der Waals surface area contributed by atoms with Gasteiger partial charge in [0.25, 0.3) is 0 Å². The third kappa shape index (κ3) is 3.81. The van der Waals surface area contributed by atoms with Crippen LogP contribution in [-0.4, -0.2) is 12.1 Å². The van der Waals surface area contributed by atoms with Gasteiger partial charge < -0.3 is 10.5 Å². The van der Waals surface area contributed by atoms with E-state index < -0.39 is 0 Å². The van der Waals surface area contributed by atoms with E-state index in [1.54, 1.807) is 0 Å². The second-order valence-electron chi connectivity index (χ2n) is 5.22. The van der Waals surface area contributed by atoms with E-state index in [9.17, 15) is 0 Å². The zero-order chi connectivity index (χ0) is 12.8. The molecule has 2 nitrogen and oxygen atoms in total. The summed E-state index contributed by atoms with van der Waals surface area (Å²) in [4.78, 5) is 0. The maximum atomic E-state index is 6.19. The van der Waals surface area contributed by atoms with Gasteiger partial charge in [-0.1, -0.05) is 53.7 Å². The first-order valence-electron chi connectivity index (χ1n) is 6.83. The Morgan fingerprint density at radius 3 is 2.50 bits per heavy atom. The lowest BCUT2D eigenvalue weighted by Gasteiger charge is -2.31. The Morgan fingerprint density at radius 2 is 1.89 bits per heavy atom. The molecule has 0 bridgehead atoms. The van der Waals surface area contributed by atoms with Crippen LogP contribution in [0.1, 0.15) is 44.1 Å². The summed E-state index contributed by atoms with van der Waals surface area (Å²) in [6, 6.07) is 8.30. The smallest absolute Gasteiger partial charge is 0.0808 e. The van der Waals surface area contributed by atoms with Crippen LogP contribution in [0.5, 0.6) is 0 Å². The van der Waals surface area contributed by atoms with Crippen molar-refractivity contribution in [2.75, 3.05) is 6.54 Å². The van der Waals surface area contributed by atoms with Crippen LogP contribution < -0.4 is 5.73 Å². The van der Waals surface area contributed by atoms with Gasteiger partial charge in [0, 0.05) is 11.0 Å². The van der Waals surface area contributed by atoms with Crippen LogP contribution in [0.25, 0.3) is 0 Å². The third-order valence-corrected chi connectivity index (χ3v) is 4.31. The number of ether oxygens (including phenoxy) is 1. The highest BCUT2D eigenvalue weighted by Gasteiger charge is 2.30. The van der Waals surface area contributed by atoms with E-state index in [0.717, 1.165) is 17.3 Å². The number of rotatable bonds is 4. The molecule has 3 heteroatoms. The fourth-order valence-electron chi connectivity index (χ4n) is 2.64. The first-order chi connectivity index (χ1) is 8.74. The Morgan fingerprint density at radius 1 is 1.17 bits per heavy atom. The molecule has 0 saturated heterocycles. The molecule has 1 aliphatic carbocycles. The van der Waals surface area contributed by atoms with Crippen molar-refractivity contribution < 1.29 is 4.74 Å². The lowest BCUT2D eigenvalue weighted by molar-refractivity contribution is -0.0602. The van der Waals surface area contributed by atoms with Gasteiger partial charge in [0.1, 0.15) is 0 Å². The molecule has 0 aliphatic heterocycles. The standard InChI is InChI=1S/C15H22BrNO/c16-14-7-5-6-13(10-14)11-18-15(12-17)8-3-1-2-4-9-15/h5-7,10H,1-4,8-9,11-12,17H2. The first-order valence-corrected chi connectivity index (χ1v) is 7.62. The number of halogens is 1. The first kappa shape index (κ1) is 14.0. The molecule has 1 saturated carbocycles. The summed E-state index contributed by atoms with van der Waals surface area (Å²) >= 11 is 3.49. The van der Waals surface area contributed by atoms with E-state index >= 15 is 0 Å². The molecule has 0 amide bonds. The van der Waals surface area contributed by atoms with Gasteiger partial charge in [0.15, 0.2) is 0 Å². The molecule has 0 atom stereocenters. The Bertz CT molecular complexity index is 373. The molecule has 2 rings (SSSR count). The van der Waals surface area contributed by atoms with Crippen LogP contribution >= 0.6 is 15.9 Å². The highest BCUT2D eigenvalue weighted by molar-refractivity contribution is 9.10. The number of hydrogen-bond acceptors (Lipinski definition) is 2. The molecule has 1 aromatic rings. The van der Waals surface area contributed by atoms with Crippen molar-refractivity contribution in [3.05, 3.63) is 34.3 Å². The number of benzene rings is 1. The van der Waals surface area contributed by atoms with E-state index in [0.29, 0.717) is 13.2 Å². The fourth-order valence-corrected chi connectivity index (χ4v) is 3.09. The summed E-state index contributed by atoms with van der Waals surface area (Å²) in [6.45, 7) is 1.30. The van der Waals surface area contributed by atoms with Crippen molar-refractivity contribution >= 4 is 15.9 Å². The summed E-state index contributed by atoms with van der Waals surface area (Å²) in [5.41, 5.74) is 7.09. The summed E-state index contributed by atoms with van der Waals surface area (Å²) in [5, 5.41) is 0. The molecule has 2 N–H and O–H groups in total. The Labute approximate surface area is 118 Å². The molecule has 0 heterocycles. The number of hydrogen-bond donors (Lipinski definition) is 1. The lowest BCUT2D eigenvalue weighted by atomic mass is 9.94. The minimum atomic E-state index is -0.0845. The highest BCUT2D eigenvalue weighted by Crippen LogP contribution is 2.30. The largest absolute Gasteiger partial charge is 0.369 e. The van der Waals surface area contributed by atoms with Gasteiger partial charge in [-0.15, -0.1) is 0 Å². The Hall–Kier alpha value is -0.380. The molecule has 1 aromatic carbocycles. The fraction of sp³-hybridized carbons (Fsp3) is 0.600. The SMILES string of the molecule is NCC1(OCc2cccc(Br)c2)CCCCCC1. The second-order valence-corrected chi connectivity index (χ2v) is 6.14. The van der Waals surface area contributed by atoms with E-state index in [1.807, 2.05) is 12.1 Å². The molecule has 0 unspecified atom stereocenters. The maximum absolute atomic E-state index is 6.19. The van der Waals surface area contributed by atoms with Crippen molar-refractivity contribution in [1.29, 1.82) is 0 Å². The Balaban J connectivity index is 1.97. The van der Waals surface area contributed by atoms with Gasteiger partial charge in [0.2, 0.25) is 0 Å². The average molecular weight is 312 g/mol. The summed E-state index contributed by atoms with van der Waals surface area (Å²) in [5.74, 6) is 0. The summed E-state index contributed by atoms with van der Waals surface area (Å²) in [6.07, 6.45) is 7.35. The van der Waals surface area contributed by atoms with E-state index in [2.05, 4.69) is 28.1 Å². The van der Waals surface area contributed by atoms with Crippen molar-refractivity contribution in [3.8, 4) is 0 Å². The quantitative estimate of drug-likeness (QED) is 0.852. The van der Waals surface area contributed by atoms with Gasteiger partial charge in [-0.3, -0.25) is 0 Å². The second kappa shape index (κ2) is 6.69. The minimum absolute atomic E-state index is 0.0845. The highest BCUT2D eigenvalue weighted by atomic mass is 79.9. The molecule has 0 aromatic heterocycles. The van der Waals surface area contributed by atoms with E-state index in [1.165, 1.54) is 31.2 Å². The third-order valence-electron chi connectivity index (χ3n) is 3.82. The topological polar surface area (TPSA) is 35.2 Å². The molecule has 1 aliphatic rings. The normalized spacial score (nSPS) is 19.4.